The van der Waals surface area contributed by atoms with Gasteiger partial charge in [0, 0.05) is 29.4 Å². The van der Waals surface area contributed by atoms with Crippen molar-refractivity contribution in [3.8, 4) is 0 Å². The number of aryl methyl sites for hydroxylation is 1. The van der Waals surface area contributed by atoms with E-state index in [0.717, 1.165) is 40.4 Å². The quantitative estimate of drug-likeness (QED) is 0.791. The number of anilines is 1. The third-order valence-corrected chi connectivity index (χ3v) is 3.87. The lowest BCUT2D eigenvalue weighted by Crippen LogP contribution is -2.06. The number of fused-ring (bicyclic) bond motifs is 1. The average molecular weight is 270 g/mol. The highest BCUT2D eigenvalue weighted by molar-refractivity contribution is 7.09. The molecule has 96 valence electrons. The molecule has 1 aromatic carbocycles. The highest BCUT2D eigenvalue weighted by atomic mass is 32.1. The molecule has 3 rings (SSSR count). The molecule has 0 fully saturated rings. The van der Waals surface area contributed by atoms with Gasteiger partial charge in [0.1, 0.15) is 12.1 Å². The van der Waals surface area contributed by atoms with Crippen molar-refractivity contribution >= 4 is 28.1 Å². The van der Waals surface area contributed by atoms with Crippen LogP contribution in [0.2, 0.25) is 0 Å². The Bertz CT molecular complexity index is 687. The summed E-state index contributed by atoms with van der Waals surface area (Å²) in [7, 11) is 0. The van der Waals surface area contributed by atoms with Gasteiger partial charge in [0.15, 0.2) is 0 Å². The smallest absolute Gasteiger partial charge is 0.137 e. The SMILES string of the molecule is Cc1csc(CCNc2ncnc3ccccc23)n1. The Kier molecular flexibility index (Phi) is 3.37. The molecule has 0 saturated carbocycles. The highest BCUT2D eigenvalue weighted by Gasteiger charge is 2.03. The van der Waals surface area contributed by atoms with E-state index in [2.05, 4.69) is 25.6 Å². The standard InChI is InChI=1S/C14H14N4S/c1-10-8-19-13(18-10)6-7-15-14-11-4-2-3-5-12(11)16-9-17-14/h2-5,8-9H,6-7H2,1H3,(H,15,16,17). The van der Waals surface area contributed by atoms with Gasteiger partial charge in [-0.3, -0.25) is 0 Å². The van der Waals surface area contributed by atoms with E-state index in [4.69, 9.17) is 0 Å². The van der Waals surface area contributed by atoms with Gasteiger partial charge in [-0.1, -0.05) is 12.1 Å². The van der Waals surface area contributed by atoms with Crippen molar-refractivity contribution in [2.75, 3.05) is 11.9 Å². The van der Waals surface area contributed by atoms with Crippen molar-refractivity contribution in [2.24, 2.45) is 0 Å². The molecular weight excluding hydrogens is 256 g/mol. The van der Waals surface area contributed by atoms with Crippen LogP contribution < -0.4 is 5.32 Å². The maximum atomic E-state index is 4.45. The molecule has 0 unspecified atom stereocenters. The summed E-state index contributed by atoms with van der Waals surface area (Å²) in [5.74, 6) is 0.888. The van der Waals surface area contributed by atoms with Crippen LogP contribution in [-0.4, -0.2) is 21.5 Å². The van der Waals surface area contributed by atoms with E-state index < -0.39 is 0 Å². The van der Waals surface area contributed by atoms with Gasteiger partial charge >= 0.3 is 0 Å². The van der Waals surface area contributed by atoms with E-state index in [1.54, 1.807) is 17.7 Å². The second-order valence-corrected chi connectivity index (χ2v) is 5.24. The van der Waals surface area contributed by atoms with Gasteiger partial charge in [-0.05, 0) is 19.1 Å². The zero-order chi connectivity index (χ0) is 13.1. The molecule has 3 aromatic rings. The monoisotopic (exact) mass is 270 g/mol. The molecule has 0 aliphatic carbocycles. The third-order valence-electron chi connectivity index (χ3n) is 2.84. The second kappa shape index (κ2) is 5.32. The molecule has 19 heavy (non-hydrogen) atoms. The fourth-order valence-corrected chi connectivity index (χ4v) is 2.73. The maximum Gasteiger partial charge on any atom is 0.137 e. The Hall–Kier alpha value is -2.01. The first-order chi connectivity index (χ1) is 9.33. The van der Waals surface area contributed by atoms with Gasteiger partial charge < -0.3 is 5.32 Å². The van der Waals surface area contributed by atoms with Crippen molar-refractivity contribution in [1.29, 1.82) is 0 Å². The first kappa shape index (κ1) is 12.0. The lowest BCUT2D eigenvalue weighted by Gasteiger charge is -2.06. The topological polar surface area (TPSA) is 50.7 Å². The molecule has 4 nitrogen and oxygen atoms in total. The molecule has 2 heterocycles. The van der Waals surface area contributed by atoms with E-state index in [9.17, 15) is 0 Å². The summed E-state index contributed by atoms with van der Waals surface area (Å²) in [6.45, 7) is 2.85. The van der Waals surface area contributed by atoms with Gasteiger partial charge in [0.25, 0.3) is 0 Å². The van der Waals surface area contributed by atoms with Crippen LogP contribution in [0.15, 0.2) is 36.0 Å². The molecule has 0 amide bonds. The summed E-state index contributed by atoms with van der Waals surface area (Å²) < 4.78 is 0. The average Bonchev–Trinajstić information content (AvgIpc) is 2.85. The largest absolute Gasteiger partial charge is 0.369 e. The molecule has 0 saturated heterocycles. The van der Waals surface area contributed by atoms with Crippen LogP contribution in [0, 0.1) is 6.92 Å². The molecule has 0 aliphatic rings. The number of benzene rings is 1. The van der Waals surface area contributed by atoms with Gasteiger partial charge in [-0.2, -0.15) is 0 Å². The van der Waals surface area contributed by atoms with Gasteiger partial charge in [0.05, 0.1) is 10.5 Å². The van der Waals surface area contributed by atoms with E-state index in [-0.39, 0.29) is 0 Å². The predicted octanol–water partition coefficient (Wildman–Crippen LogP) is 3.05. The predicted molar refractivity (Wildman–Crippen MR) is 78.6 cm³/mol. The van der Waals surface area contributed by atoms with Gasteiger partial charge in [-0.25, -0.2) is 15.0 Å². The van der Waals surface area contributed by atoms with E-state index in [1.165, 1.54) is 0 Å². The number of hydrogen-bond acceptors (Lipinski definition) is 5. The Morgan fingerprint density at radius 2 is 2.11 bits per heavy atom. The summed E-state index contributed by atoms with van der Waals surface area (Å²) in [4.78, 5) is 13.0. The number of rotatable bonds is 4. The number of nitrogens with zero attached hydrogens (tertiary/aromatic N) is 3. The fraction of sp³-hybridized carbons (Fsp3) is 0.214. The van der Waals surface area contributed by atoms with E-state index in [1.807, 2.05) is 31.2 Å². The zero-order valence-electron chi connectivity index (χ0n) is 10.6. The Morgan fingerprint density at radius 3 is 2.95 bits per heavy atom. The molecule has 0 atom stereocenters. The Labute approximate surface area is 115 Å². The van der Waals surface area contributed by atoms with Crippen molar-refractivity contribution in [3.63, 3.8) is 0 Å². The first-order valence-corrected chi connectivity index (χ1v) is 7.05. The summed E-state index contributed by atoms with van der Waals surface area (Å²) in [5, 5.41) is 7.65. The molecule has 1 N–H and O–H groups in total. The van der Waals surface area contributed by atoms with Crippen LogP contribution in [0.3, 0.4) is 0 Å². The third kappa shape index (κ3) is 2.71. The summed E-state index contributed by atoms with van der Waals surface area (Å²) in [5.41, 5.74) is 2.05. The van der Waals surface area contributed by atoms with Gasteiger partial charge in [0.2, 0.25) is 0 Å². The second-order valence-electron chi connectivity index (χ2n) is 4.30. The molecular formula is C14H14N4S. The van der Waals surface area contributed by atoms with Crippen molar-refractivity contribution < 1.29 is 0 Å². The number of thiazole rings is 1. The lowest BCUT2D eigenvalue weighted by molar-refractivity contribution is 0.978. The van der Waals surface area contributed by atoms with Crippen LogP contribution in [0.5, 0.6) is 0 Å². The minimum Gasteiger partial charge on any atom is -0.369 e. The normalized spacial score (nSPS) is 10.8. The van der Waals surface area contributed by atoms with Crippen molar-refractivity contribution in [1.82, 2.24) is 15.0 Å². The molecule has 0 radical (unpaired) electrons. The van der Waals surface area contributed by atoms with E-state index >= 15 is 0 Å². The van der Waals surface area contributed by atoms with Crippen LogP contribution >= 0.6 is 11.3 Å². The first-order valence-electron chi connectivity index (χ1n) is 6.17. The number of hydrogen-bond donors (Lipinski definition) is 1. The number of para-hydroxylation sites is 1. The van der Waals surface area contributed by atoms with Crippen LogP contribution in [0.1, 0.15) is 10.7 Å². The molecule has 5 heteroatoms. The minimum atomic E-state index is 0.827. The molecule has 0 aliphatic heterocycles. The number of aromatic nitrogens is 3. The summed E-state index contributed by atoms with van der Waals surface area (Å²) in [6.07, 6.45) is 2.51. The Morgan fingerprint density at radius 1 is 1.21 bits per heavy atom. The highest BCUT2D eigenvalue weighted by Crippen LogP contribution is 2.18. The summed E-state index contributed by atoms with van der Waals surface area (Å²) in [6, 6.07) is 8.01. The lowest BCUT2D eigenvalue weighted by atomic mass is 10.2. The van der Waals surface area contributed by atoms with Gasteiger partial charge in [-0.15, -0.1) is 11.3 Å². The fourth-order valence-electron chi connectivity index (χ4n) is 1.95. The zero-order valence-corrected chi connectivity index (χ0v) is 11.4. The van der Waals surface area contributed by atoms with Crippen LogP contribution in [0.4, 0.5) is 5.82 Å². The number of nitrogens with one attached hydrogen (secondary N) is 1. The van der Waals surface area contributed by atoms with Crippen molar-refractivity contribution in [2.45, 2.75) is 13.3 Å². The molecule has 2 aromatic heterocycles. The molecule has 0 bridgehead atoms. The van der Waals surface area contributed by atoms with Crippen LogP contribution in [0.25, 0.3) is 10.9 Å². The van der Waals surface area contributed by atoms with E-state index in [0.29, 0.717) is 0 Å². The van der Waals surface area contributed by atoms with Crippen molar-refractivity contribution in [3.05, 3.63) is 46.7 Å². The summed E-state index contributed by atoms with van der Waals surface area (Å²) >= 11 is 1.70. The van der Waals surface area contributed by atoms with Crippen LogP contribution in [-0.2, 0) is 6.42 Å². The molecule has 0 spiro atoms. The maximum absolute atomic E-state index is 4.45. The Balaban J connectivity index is 1.71. The minimum absolute atomic E-state index is 0.827.